The Hall–Kier alpha value is -0.930. The molecule has 0 spiro atoms. The van der Waals surface area contributed by atoms with Gasteiger partial charge in [-0.05, 0) is 38.4 Å². The van der Waals surface area contributed by atoms with Gasteiger partial charge in [0.2, 0.25) is 0 Å². The summed E-state index contributed by atoms with van der Waals surface area (Å²) < 4.78 is 13.9. The third kappa shape index (κ3) is 4.59. The van der Waals surface area contributed by atoms with Crippen LogP contribution >= 0.6 is 0 Å². The van der Waals surface area contributed by atoms with Crippen LogP contribution in [0, 0.1) is 11.7 Å². The van der Waals surface area contributed by atoms with Gasteiger partial charge in [0.05, 0.1) is 0 Å². The number of nitrogens with two attached hydrogens (primary N) is 1. The Labute approximate surface area is 116 Å². The maximum Gasteiger partial charge on any atom is 0.127 e. The Morgan fingerprint density at radius 1 is 1.26 bits per heavy atom. The van der Waals surface area contributed by atoms with Gasteiger partial charge in [-0.25, -0.2) is 4.39 Å². The molecule has 3 heteroatoms. The zero-order chi connectivity index (χ0) is 14.4. The zero-order valence-corrected chi connectivity index (χ0v) is 12.6. The Morgan fingerprint density at radius 2 is 1.89 bits per heavy atom. The summed E-state index contributed by atoms with van der Waals surface area (Å²) in [5.74, 6) is 0.372. The van der Waals surface area contributed by atoms with Crippen LogP contribution in [-0.2, 0) is 0 Å². The smallest absolute Gasteiger partial charge is 0.127 e. The molecule has 0 heterocycles. The van der Waals surface area contributed by atoms with Crippen molar-refractivity contribution in [1.82, 2.24) is 4.90 Å². The molecule has 0 fully saturated rings. The van der Waals surface area contributed by atoms with E-state index in [-0.39, 0.29) is 17.9 Å². The number of hydrogen-bond acceptors (Lipinski definition) is 2. The number of hydrogen-bond donors (Lipinski definition) is 1. The average Bonchev–Trinajstić information content (AvgIpc) is 2.38. The first-order chi connectivity index (χ1) is 8.97. The van der Waals surface area contributed by atoms with Crippen molar-refractivity contribution in [3.63, 3.8) is 0 Å². The largest absolute Gasteiger partial charge is 0.327 e. The molecule has 1 aromatic carbocycles. The second-order valence-electron chi connectivity index (χ2n) is 5.62. The Bertz CT molecular complexity index is 379. The van der Waals surface area contributed by atoms with Gasteiger partial charge in [0, 0.05) is 17.6 Å². The van der Waals surface area contributed by atoms with E-state index in [0.717, 1.165) is 24.9 Å². The van der Waals surface area contributed by atoms with Gasteiger partial charge in [-0.1, -0.05) is 39.0 Å². The van der Waals surface area contributed by atoms with Crippen molar-refractivity contribution in [3.05, 3.63) is 35.6 Å². The monoisotopic (exact) mass is 266 g/mol. The molecular formula is C16H27FN2. The predicted octanol–water partition coefficient (Wildman–Crippen LogP) is 3.58. The van der Waals surface area contributed by atoms with Gasteiger partial charge in [0.25, 0.3) is 0 Å². The topological polar surface area (TPSA) is 29.3 Å². The van der Waals surface area contributed by atoms with Crippen LogP contribution in [0.25, 0.3) is 0 Å². The molecule has 19 heavy (non-hydrogen) atoms. The van der Waals surface area contributed by atoms with E-state index < -0.39 is 0 Å². The van der Waals surface area contributed by atoms with E-state index in [9.17, 15) is 4.39 Å². The fraction of sp³-hybridized carbons (Fsp3) is 0.625. The minimum atomic E-state index is -0.116. The SMILES string of the molecule is CCC(c1ccccc1F)N(C)CCC(N)C(C)C. The fourth-order valence-corrected chi connectivity index (χ4v) is 2.36. The molecule has 0 aliphatic heterocycles. The molecule has 1 aromatic rings. The van der Waals surface area contributed by atoms with Gasteiger partial charge in [-0.15, -0.1) is 0 Å². The summed E-state index contributed by atoms with van der Waals surface area (Å²) in [6.07, 6.45) is 1.84. The maximum absolute atomic E-state index is 13.9. The van der Waals surface area contributed by atoms with Crippen molar-refractivity contribution in [3.8, 4) is 0 Å². The zero-order valence-electron chi connectivity index (χ0n) is 12.6. The van der Waals surface area contributed by atoms with Crippen molar-refractivity contribution >= 4 is 0 Å². The summed E-state index contributed by atoms with van der Waals surface area (Å²) >= 11 is 0. The molecule has 0 saturated carbocycles. The second-order valence-corrected chi connectivity index (χ2v) is 5.62. The lowest BCUT2D eigenvalue weighted by atomic mass is 9.99. The van der Waals surface area contributed by atoms with Crippen LogP contribution in [0.3, 0.4) is 0 Å². The first kappa shape index (κ1) is 16.1. The van der Waals surface area contributed by atoms with E-state index >= 15 is 0 Å². The molecule has 0 aromatic heterocycles. The number of benzene rings is 1. The Morgan fingerprint density at radius 3 is 2.42 bits per heavy atom. The third-order valence-corrected chi connectivity index (χ3v) is 3.85. The lowest BCUT2D eigenvalue weighted by molar-refractivity contribution is 0.219. The molecule has 0 aliphatic carbocycles. The van der Waals surface area contributed by atoms with Gasteiger partial charge < -0.3 is 5.73 Å². The van der Waals surface area contributed by atoms with Crippen LogP contribution in [0.15, 0.2) is 24.3 Å². The highest BCUT2D eigenvalue weighted by atomic mass is 19.1. The highest BCUT2D eigenvalue weighted by Crippen LogP contribution is 2.25. The summed E-state index contributed by atoms with van der Waals surface area (Å²) in [5.41, 5.74) is 6.86. The first-order valence-electron chi connectivity index (χ1n) is 7.17. The summed E-state index contributed by atoms with van der Waals surface area (Å²) in [4.78, 5) is 2.21. The van der Waals surface area contributed by atoms with E-state index in [0.29, 0.717) is 5.92 Å². The molecule has 2 N–H and O–H groups in total. The molecule has 0 amide bonds. The van der Waals surface area contributed by atoms with Crippen LogP contribution < -0.4 is 5.73 Å². The van der Waals surface area contributed by atoms with E-state index in [1.807, 2.05) is 19.2 Å². The number of rotatable bonds is 7. The summed E-state index contributed by atoms with van der Waals surface area (Å²) in [5, 5.41) is 0. The summed E-state index contributed by atoms with van der Waals surface area (Å²) in [6, 6.07) is 7.38. The van der Waals surface area contributed by atoms with Crippen molar-refractivity contribution in [2.24, 2.45) is 11.7 Å². The van der Waals surface area contributed by atoms with Gasteiger partial charge in [-0.2, -0.15) is 0 Å². The molecule has 2 nitrogen and oxygen atoms in total. The van der Waals surface area contributed by atoms with E-state index in [1.165, 1.54) is 6.07 Å². The van der Waals surface area contributed by atoms with Crippen LogP contribution in [0.2, 0.25) is 0 Å². The van der Waals surface area contributed by atoms with Gasteiger partial charge in [-0.3, -0.25) is 4.90 Å². The van der Waals surface area contributed by atoms with Crippen molar-refractivity contribution in [2.75, 3.05) is 13.6 Å². The Kier molecular flexibility index (Phi) is 6.46. The quantitative estimate of drug-likeness (QED) is 0.817. The number of halogens is 1. The van der Waals surface area contributed by atoms with Crippen molar-refractivity contribution in [1.29, 1.82) is 0 Å². The van der Waals surface area contributed by atoms with Gasteiger partial charge in [0.15, 0.2) is 0 Å². The van der Waals surface area contributed by atoms with Crippen LogP contribution in [0.4, 0.5) is 4.39 Å². The van der Waals surface area contributed by atoms with E-state index in [1.54, 1.807) is 6.07 Å². The lowest BCUT2D eigenvalue weighted by Gasteiger charge is -2.29. The second kappa shape index (κ2) is 7.61. The molecule has 0 saturated heterocycles. The molecule has 1 rings (SSSR count). The van der Waals surface area contributed by atoms with E-state index in [4.69, 9.17) is 5.73 Å². The minimum Gasteiger partial charge on any atom is -0.327 e. The lowest BCUT2D eigenvalue weighted by Crippen LogP contribution is -2.33. The fourth-order valence-electron chi connectivity index (χ4n) is 2.36. The van der Waals surface area contributed by atoms with Gasteiger partial charge in [0.1, 0.15) is 5.82 Å². The van der Waals surface area contributed by atoms with Crippen LogP contribution in [-0.4, -0.2) is 24.5 Å². The minimum absolute atomic E-state index is 0.116. The summed E-state index contributed by atoms with van der Waals surface area (Å²) in [7, 11) is 2.05. The number of nitrogens with zero attached hydrogens (tertiary/aromatic N) is 1. The van der Waals surface area contributed by atoms with Gasteiger partial charge >= 0.3 is 0 Å². The molecule has 0 bridgehead atoms. The molecule has 108 valence electrons. The molecule has 0 aliphatic rings. The first-order valence-corrected chi connectivity index (χ1v) is 7.17. The van der Waals surface area contributed by atoms with Crippen molar-refractivity contribution in [2.45, 2.75) is 45.7 Å². The Balaban J connectivity index is 2.67. The van der Waals surface area contributed by atoms with Crippen molar-refractivity contribution < 1.29 is 4.39 Å². The van der Waals surface area contributed by atoms with E-state index in [2.05, 4.69) is 25.7 Å². The molecular weight excluding hydrogens is 239 g/mol. The highest BCUT2D eigenvalue weighted by Gasteiger charge is 2.19. The predicted molar refractivity (Wildman–Crippen MR) is 79.5 cm³/mol. The molecule has 0 radical (unpaired) electrons. The van der Waals surface area contributed by atoms with Crippen LogP contribution in [0.1, 0.15) is 45.2 Å². The molecule has 2 atom stereocenters. The maximum atomic E-state index is 13.9. The standard InChI is InChI=1S/C16H27FN2/c1-5-16(13-8-6-7-9-14(13)17)19(4)11-10-15(18)12(2)3/h6-9,12,15-16H,5,10-11,18H2,1-4H3. The average molecular weight is 266 g/mol. The third-order valence-electron chi connectivity index (χ3n) is 3.85. The molecule has 2 unspecified atom stereocenters. The van der Waals surface area contributed by atoms with Crippen LogP contribution in [0.5, 0.6) is 0 Å². The highest BCUT2D eigenvalue weighted by molar-refractivity contribution is 5.21. The summed E-state index contributed by atoms with van der Waals surface area (Å²) in [6.45, 7) is 7.26. The normalized spacial score (nSPS) is 14.9.